The predicted octanol–water partition coefficient (Wildman–Crippen LogP) is 2.50. The first-order valence-electron chi connectivity index (χ1n) is 3.09. The van der Waals surface area contributed by atoms with Gasteiger partial charge in [0.25, 0.3) is 0 Å². The number of pyridine rings is 1. The van der Waals surface area contributed by atoms with E-state index in [0.717, 1.165) is 15.9 Å². The van der Waals surface area contributed by atoms with Crippen LogP contribution in [0, 0.1) is 0 Å². The highest BCUT2D eigenvalue weighted by molar-refractivity contribution is 7.80. The first-order chi connectivity index (χ1) is 5.27. The van der Waals surface area contributed by atoms with Crippen LogP contribution in [-0.4, -0.2) is 9.97 Å². The number of aromatic amines is 1. The molecule has 0 aromatic carbocycles. The van der Waals surface area contributed by atoms with Crippen LogP contribution in [0.4, 0.5) is 0 Å². The van der Waals surface area contributed by atoms with Crippen LogP contribution in [0.25, 0.3) is 11.0 Å². The van der Waals surface area contributed by atoms with Crippen molar-refractivity contribution in [2.24, 2.45) is 0 Å². The third-order valence-electron chi connectivity index (χ3n) is 1.48. The minimum Gasteiger partial charge on any atom is -0.345 e. The fourth-order valence-electron chi connectivity index (χ4n) is 0.964. The molecule has 1 N–H and O–H groups in total. The van der Waals surface area contributed by atoms with E-state index in [1.165, 1.54) is 0 Å². The molecule has 2 rings (SSSR count). The summed E-state index contributed by atoms with van der Waals surface area (Å²) >= 11 is 9.96. The summed E-state index contributed by atoms with van der Waals surface area (Å²) in [6, 6.07) is 1.84. The number of hydrogen-bond donors (Lipinski definition) is 2. The van der Waals surface area contributed by atoms with Gasteiger partial charge in [0.05, 0.1) is 5.02 Å². The first-order valence-corrected chi connectivity index (χ1v) is 3.91. The van der Waals surface area contributed by atoms with Gasteiger partial charge in [0, 0.05) is 22.7 Å². The van der Waals surface area contributed by atoms with Crippen LogP contribution < -0.4 is 0 Å². The van der Waals surface area contributed by atoms with Crippen LogP contribution in [0.15, 0.2) is 23.4 Å². The zero-order valence-corrected chi connectivity index (χ0v) is 7.15. The molecule has 0 atom stereocenters. The fourth-order valence-corrected chi connectivity index (χ4v) is 1.36. The molecule has 0 spiro atoms. The number of aromatic nitrogens is 2. The van der Waals surface area contributed by atoms with Crippen molar-refractivity contribution in [2.45, 2.75) is 4.90 Å². The second-order valence-corrected chi connectivity index (χ2v) is 3.14. The average molecular weight is 185 g/mol. The highest BCUT2D eigenvalue weighted by atomic mass is 35.5. The molecule has 0 bridgehead atoms. The monoisotopic (exact) mass is 184 g/mol. The molecular formula is C7H5ClN2S. The van der Waals surface area contributed by atoms with E-state index in [2.05, 4.69) is 22.6 Å². The van der Waals surface area contributed by atoms with Gasteiger partial charge >= 0.3 is 0 Å². The zero-order valence-electron chi connectivity index (χ0n) is 5.50. The molecule has 56 valence electrons. The quantitative estimate of drug-likeness (QED) is 0.606. The standard InChI is InChI=1S/C7H5ClN2S/c8-4-1-5-6(11)3-10-7(5)9-2-4/h1-3,11H,(H,9,10). The van der Waals surface area contributed by atoms with E-state index in [1.807, 2.05) is 6.07 Å². The van der Waals surface area contributed by atoms with Crippen molar-refractivity contribution in [3.05, 3.63) is 23.5 Å². The molecule has 0 aliphatic heterocycles. The van der Waals surface area contributed by atoms with Crippen LogP contribution in [0.1, 0.15) is 0 Å². The van der Waals surface area contributed by atoms with Crippen LogP contribution in [0.5, 0.6) is 0 Å². The van der Waals surface area contributed by atoms with Gasteiger partial charge in [-0.3, -0.25) is 0 Å². The van der Waals surface area contributed by atoms with Crippen LogP contribution in [0.2, 0.25) is 5.02 Å². The third kappa shape index (κ3) is 1.10. The Morgan fingerprint density at radius 3 is 3.18 bits per heavy atom. The number of nitrogens with one attached hydrogen (secondary N) is 1. The van der Waals surface area contributed by atoms with E-state index in [4.69, 9.17) is 11.6 Å². The number of halogens is 1. The van der Waals surface area contributed by atoms with E-state index in [9.17, 15) is 0 Å². The van der Waals surface area contributed by atoms with Crippen molar-refractivity contribution in [1.29, 1.82) is 0 Å². The van der Waals surface area contributed by atoms with E-state index in [1.54, 1.807) is 12.4 Å². The van der Waals surface area contributed by atoms with Crippen molar-refractivity contribution in [3.63, 3.8) is 0 Å². The highest BCUT2D eigenvalue weighted by Gasteiger charge is 2.00. The fraction of sp³-hybridized carbons (Fsp3) is 0. The highest BCUT2D eigenvalue weighted by Crippen LogP contribution is 2.22. The van der Waals surface area contributed by atoms with Crippen LogP contribution in [-0.2, 0) is 0 Å². The summed E-state index contributed by atoms with van der Waals surface area (Å²) in [7, 11) is 0. The van der Waals surface area contributed by atoms with Crippen LogP contribution in [0.3, 0.4) is 0 Å². The Labute approximate surface area is 74.0 Å². The molecule has 2 heterocycles. The maximum absolute atomic E-state index is 5.74. The van der Waals surface area contributed by atoms with Gasteiger partial charge in [-0.15, -0.1) is 12.6 Å². The topological polar surface area (TPSA) is 28.7 Å². The Morgan fingerprint density at radius 2 is 2.36 bits per heavy atom. The minimum absolute atomic E-state index is 0.632. The van der Waals surface area contributed by atoms with E-state index in [-0.39, 0.29) is 0 Å². The lowest BCUT2D eigenvalue weighted by Gasteiger charge is -1.89. The molecule has 0 unspecified atom stereocenters. The van der Waals surface area contributed by atoms with E-state index < -0.39 is 0 Å². The van der Waals surface area contributed by atoms with Crippen molar-refractivity contribution in [1.82, 2.24) is 9.97 Å². The number of H-pyrrole nitrogens is 1. The second-order valence-electron chi connectivity index (χ2n) is 2.22. The molecule has 2 nitrogen and oxygen atoms in total. The van der Waals surface area contributed by atoms with Crippen LogP contribution >= 0.6 is 24.2 Å². The van der Waals surface area contributed by atoms with Gasteiger partial charge in [0.2, 0.25) is 0 Å². The molecule has 11 heavy (non-hydrogen) atoms. The van der Waals surface area contributed by atoms with Crippen molar-refractivity contribution in [2.75, 3.05) is 0 Å². The van der Waals surface area contributed by atoms with Gasteiger partial charge in [0.15, 0.2) is 0 Å². The number of fused-ring (bicyclic) bond motifs is 1. The van der Waals surface area contributed by atoms with Crippen molar-refractivity contribution in [3.8, 4) is 0 Å². The Hall–Kier alpha value is -0.670. The summed E-state index contributed by atoms with van der Waals surface area (Å²) in [4.78, 5) is 7.90. The van der Waals surface area contributed by atoms with Crippen molar-refractivity contribution >= 4 is 35.3 Å². The summed E-state index contributed by atoms with van der Waals surface area (Å²) in [6.45, 7) is 0. The summed E-state index contributed by atoms with van der Waals surface area (Å²) in [5, 5.41) is 1.59. The number of thiol groups is 1. The average Bonchev–Trinajstić information content (AvgIpc) is 2.33. The maximum Gasteiger partial charge on any atom is 0.138 e. The molecule has 2 aromatic heterocycles. The molecule has 0 fully saturated rings. The Balaban J connectivity index is 2.87. The smallest absolute Gasteiger partial charge is 0.138 e. The number of nitrogens with zero attached hydrogens (tertiary/aromatic N) is 1. The molecular weight excluding hydrogens is 180 g/mol. The molecule has 2 aromatic rings. The van der Waals surface area contributed by atoms with Gasteiger partial charge in [-0.05, 0) is 6.07 Å². The zero-order chi connectivity index (χ0) is 7.84. The predicted molar refractivity (Wildman–Crippen MR) is 48.4 cm³/mol. The third-order valence-corrected chi connectivity index (χ3v) is 2.05. The van der Waals surface area contributed by atoms with Gasteiger partial charge in [-0.1, -0.05) is 11.6 Å². The summed E-state index contributed by atoms with van der Waals surface area (Å²) in [5.74, 6) is 0. The van der Waals surface area contributed by atoms with Gasteiger partial charge in [0.1, 0.15) is 5.65 Å². The Kier molecular flexibility index (Phi) is 1.55. The molecule has 0 aliphatic carbocycles. The van der Waals surface area contributed by atoms with E-state index >= 15 is 0 Å². The maximum atomic E-state index is 5.74. The lowest BCUT2D eigenvalue weighted by atomic mass is 10.3. The van der Waals surface area contributed by atoms with E-state index in [0.29, 0.717) is 5.02 Å². The second kappa shape index (κ2) is 2.43. The number of hydrogen-bond acceptors (Lipinski definition) is 2. The van der Waals surface area contributed by atoms with Crippen molar-refractivity contribution < 1.29 is 0 Å². The summed E-state index contributed by atoms with van der Waals surface area (Å²) in [5.41, 5.74) is 0.819. The summed E-state index contributed by atoms with van der Waals surface area (Å²) < 4.78 is 0. The molecule has 0 saturated carbocycles. The molecule has 0 saturated heterocycles. The summed E-state index contributed by atoms with van der Waals surface area (Å²) in [6.07, 6.45) is 3.39. The first kappa shape index (κ1) is 7.00. The largest absolute Gasteiger partial charge is 0.345 e. The molecule has 0 radical (unpaired) electrons. The lowest BCUT2D eigenvalue weighted by Crippen LogP contribution is -1.74. The SMILES string of the molecule is Sc1c[nH]c2ncc(Cl)cc12. The Bertz CT molecular complexity index is 396. The Morgan fingerprint density at radius 1 is 1.55 bits per heavy atom. The number of rotatable bonds is 0. The molecule has 0 aliphatic rings. The van der Waals surface area contributed by atoms with Gasteiger partial charge in [-0.25, -0.2) is 4.98 Å². The lowest BCUT2D eigenvalue weighted by molar-refractivity contribution is 1.32. The van der Waals surface area contributed by atoms with Gasteiger partial charge < -0.3 is 4.98 Å². The minimum atomic E-state index is 0.632. The molecule has 4 heteroatoms. The van der Waals surface area contributed by atoms with Gasteiger partial charge in [-0.2, -0.15) is 0 Å². The molecule has 0 amide bonds. The normalized spacial score (nSPS) is 10.7.